The molecule has 2 rings (SSSR count). The number of hydrogen-bond acceptors (Lipinski definition) is 4. The summed E-state index contributed by atoms with van der Waals surface area (Å²) in [5, 5.41) is 16.6. The second kappa shape index (κ2) is 6.18. The standard InChI is InChI=1S/C14H17N3O3/c1-15-14(18)12-9-11(17(19)20)7-8-13(12)16-10-5-3-2-4-6-10/h2-3,7-10,16H,4-6H2,1H3,(H,15,18). The van der Waals surface area contributed by atoms with E-state index >= 15 is 0 Å². The number of rotatable bonds is 4. The molecule has 20 heavy (non-hydrogen) atoms. The molecule has 1 unspecified atom stereocenters. The molecule has 0 saturated heterocycles. The van der Waals surface area contributed by atoms with E-state index in [2.05, 4.69) is 22.8 Å². The highest BCUT2D eigenvalue weighted by molar-refractivity contribution is 6.00. The normalized spacial score (nSPS) is 17.6. The number of nitro benzene ring substituents is 1. The molecule has 1 aromatic rings. The number of carbonyl (C=O) groups is 1. The van der Waals surface area contributed by atoms with Crippen LogP contribution in [0.3, 0.4) is 0 Å². The lowest BCUT2D eigenvalue weighted by Gasteiger charge is -2.22. The molecule has 0 saturated carbocycles. The number of hydrogen-bond donors (Lipinski definition) is 2. The first-order valence-electron chi connectivity index (χ1n) is 6.54. The molecule has 1 aliphatic rings. The second-order valence-corrected chi connectivity index (χ2v) is 4.69. The molecule has 0 aliphatic heterocycles. The molecule has 6 heteroatoms. The van der Waals surface area contributed by atoms with Crippen molar-refractivity contribution in [3.8, 4) is 0 Å². The van der Waals surface area contributed by atoms with Crippen LogP contribution in [0.4, 0.5) is 11.4 Å². The van der Waals surface area contributed by atoms with Crippen molar-refractivity contribution in [2.24, 2.45) is 0 Å². The predicted molar refractivity (Wildman–Crippen MR) is 76.9 cm³/mol. The highest BCUT2D eigenvalue weighted by Gasteiger charge is 2.18. The van der Waals surface area contributed by atoms with Crippen LogP contribution >= 0.6 is 0 Å². The summed E-state index contributed by atoms with van der Waals surface area (Å²) in [4.78, 5) is 22.2. The first-order chi connectivity index (χ1) is 9.61. The van der Waals surface area contributed by atoms with Crippen LogP contribution in [0.2, 0.25) is 0 Å². The molecule has 6 nitrogen and oxygen atoms in total. The minimum Gasteiger partial charge on any atom is -0.381 e. The third kappa shape index (κ3) is 3.14. The first-order valence-corrected chi connectivity index (χ1v) is 6.54. The van der Waals surface area contributed by atoms with E-state index in [4.69, 9.17) is 0 Å². The number of amides is 1. The summed E-state index contributed by atoms with van der Waals surface area (Å²) in [6.45, 7) is 0. The van der Waals surface area contributed by atoms with Gasteiger partial charge in [-0.2, -0.15) is 0 Å². The van der Waals surface area contributed by atoms with Gasteiger partial charge in [0.1, 0.15) is 0 Å². The monoisotopic (exact) mass is 275 g/mol. The Balaban J connectivity index is 2.28. The molecular formula is C14H17N3O3. The zero-order chi connectivity index (χ0) is 14.5. The van der Waals surface area contributed by atoms with Crippen LogP contribution in [0.25, 0.3) is 0 Å². The number of anilines is 1. The number of allylic oxidation sites excluding steroid dienone is 1. The topological polar surface area (TPSA) is 84.3 Å². The summed E-state index contributed by atoms with van der Waals surface area (Å²) in [5.41, 5.74) is 0.851. The first kappa shape index (κ1) is 14.0. The predicted octanol–water partition coefficient (Wildman–Crippen LogP) is 2.48. The van der Waals surface area contributed by atoms with Crippen LogP contribution in [0.1, 0.15) is 29.6 Å². The van der Waals surface area contributed by atoms with Gasteiger partial charge in [-0.25, -0.2) is 0 Å². The van der Waals surface area contributed by atoms with Crippen LogP contribution in [0.5, 0.6) is 0 Å². The van der Waals surface area contributed by atoms with Crippen molar-refractivity contribution >= 4 is 17.3 Å². The van der Waals surface area contributed by atoms with Crippen molar-refractivity contribution in [3.63, 3.8) is 0 Å². The molecule has 1 aromatic carbocycles. The molecule has 1 amide bonds. The molecule has 0 heterocycles. The summed E-state index contributed by atoms with van der Waals surface area (Å²) in [6, 6.07) is 4.57. The van der Waals surface area contributed by atoms with E-state index in [0.29, 0.717) is 11.3 Å². The largest absolute Gasteiger partial charge is 0.381 e. The molecule has 0 aromatic heterocycles. The zero-order valence-corrected chi connectivity index (χ0v) is 11.3. The third-order valence-electron chi connectivity index (χ3n) is 3.31. The average Bonchev–Trinajstić information content (AvgIpc) is 2.47. The maximum absolute atomic E-state index is 11.9. The lowest BCUT2D eigenvalue weighted by atomic mass is 10.0. The van der Waals surface area contributed by atoms with Crippen LogP contribution in [-0.2, 0) is 0 Å². The number of nitrogens with one attached hydrogen (secondary N) is 2. The maximum atomic E-state index is 11.9. The average molecular weight is 275 g/mol. The number of nitrogens with zero attached hydrogens (tertiary/aromatic N) is 1. The van der Waals surface area contributed by atoms with Gasteiger partial charge >= 0.3 is 0 Å². The van der Waals surface area contributed by atoms with Gasteiger partial charge in [0.2, 0.25) is 0 Å². The fourth-order valence-corrected chi connectivity index (χ4v) is 2.24. The Hall–Kier alpha value is -2.37. The van der Waals surface area contributed by atoms with E-state index in [0.717, 1.165) is 19.3 Å². The molecule has 106 valence electrons. The van der Waals surface area contributed by atoms with Gasteiger partial charge in [0, 0.05) is 30.9 Å². The highest BCUT2D eigenvalue weighted by Crippen LogP contribution is 2.25. The number of benzene rings is 1. The number of non-ortho nitro benzene ring substituents is 1. The summed E-state index contributed by atoms with van der Waals surface area (Å²) in [5.74, 6) is -0.331. The van der Waals surface area contributed by atoms with Gasteiger partial charge in [0.25, 0.3) is 11.6 Å². The number of carbonyl (C=O) groups excluding carboxylic acids is 1. The van der Waals surface area contributed by atoms with Gasteiger partial charge in [-0.05, 0) is 25.3 Å². The van der Waals surface area contributed by atoms with Crippen molar-refractivity contribution < 1.29 is 9.72 Å². The van der Waals surface area contributed by atoms with E-state index in [1.54, 1.807) is 6.07 Å². The minimum atomic E-state index is -0.500. The summed E-state index contributed by atoms with van der Waals surface area (Å²) in [7, 11) is 1.51. The molecular weight excluding hydrogens is 258 g/mol. The summed E-state index contributed by atoms with van der Waals surface area (Å²) < 4.78 is 0. The Labute approximate surface area is 117 Å². The Morgan fingerprint density at radius 3 is 2.80 bits per heavy atom. The molecule has 2 N–H and O–H groups in total. The molecule has 0 bridgehead atoms. The lowest BCUT2D eigenvalue weighted by molar-refractivity contribution is -0.384. The van der Waals surface area contributed by atoms with Crippen LogP contribution in [-0.4, -0.2) is 23.9 Å². The number of nitro groups is 1. The maximum Gasteiger partial charge on any atom is 0.270 e. The van der Waals surface area contributed by atoms with Crippen molar-refractivity contribution in [1.82, 2.24) is 5.32 Å². The molecule has 0 spiro atoms. The van der Waals surface area contributed by atoms with Crippen molar-refractivity contribution in [3.05, 3.63) is 46.0 Å². The quantitative estimate of drug-likeness (QED) is 0.502. The van der Waals surface area contributed by atoms with Gasteiger partial charge in [0.15, 0.2) is 0 Å². The van der Waals surface area contributed by atoms with E-state index in [1.807, 2.05) is 0 Å². The molecule has 0 radical (unpaired) electrons. The Morgan fingerprint density at radius 2 is 2.20 bits per heavy atom. The zero-order valence-electron chi connectivity index (χ0n) is 11.3. The van der Waals surface area contributed by atoms with E-state index in [1.165, 1.54) is 19.2 Å². The van der Waals surface area contributed by atoms with Gasteiger partial charge in [0.05, 0.1) is 10.5 Å². The van der Waals surface area contributed by atoms with Crippen LogP contribution in [0.15, 0.2) is 30.4 Å². The Morgan fingerprint density at radius 1 is 1.40 bits per heavy atom. The van der Waals surface area contributed by atoms with Gasteiger partial charge in [-0.1, -0.05) is 12.2 Å². The Kier molecular flexibility index (Phi) is 4.34. The highest BCUT2D eigenvalue weighted by atomic mass is 16.6. The molecule has 1 atom stereocenters. The Bertz CT molecular complexity index is 555. The SMILES string of the molecule is CNC(=O)c1cc([N+](=O)[O-])ccc1NC1CC=CCC1. The third-order valence-corrected chi connectivity index (χ3v) is 3.31. The van der Waals surface area contributed by atoms with Crippen molar-refractivity contribution in [2.45, 2.75) is 25.3 Å². The molecule has 1 aliphatic carbocycles. The summed E-state index contributed by atoms with van der Waals surface area (Å²) >= 11 is 0. The smallest absolute Gasteiger partial charge is 0.270 e. The second-order valence-electron chi connectivity index (χ2n) is 4.69. The van der Waals surface area contributed by atoms with Crippen LogP contribution in [0, 0.1) is 10.1 Å². The molecule has 0 fully saturated rings. The fraction of sp³-hybridized carbons (Fsp3) is 0.357. The van der Waals surface area contributed by atoms with Crippen molar-refractivity contribution in [1.29, 1.82) is 0 Å². The van der Waals surface area contributed by atoms with E-state index in [9.17, 15) is 14.9 Å². The van der Waals surface area contributed by atoms with Gasteiger partial charge in [-0.15, -0.1) is 0 Å². The summed E-state index contributed by atoms with van der Waals surface area (Å²) in [6.07, 6.45) is 7.12. The lowest BCUT2D eigenvalue weighted by Crippen LogP contribution is -2.24. The van der Waals surface area contributed by atoms with Crippen LogP contribution < -0.4 is 10.6 Å². The van der Waals surface area contributed by atoms with E-state index in [-0.39, 0.29) is 17.6 Å². The minimum absolute atomic E-state index is 0.0855. The van der Waals surface area contributed by atoms with Crippen molar-refractivity contribution in [2.75, 3.05) is 12.4 Å². The fourth-order valence-electron chi connectivity index (χ4n) is 2.24. The van der Waals surface area contributed by atoms with E-state index < -0.39 is 4.92 Å². The van der Waals surface area contributed by atoms with Gasteiger partial charge < -0.3 is 10.6 Å². The van der Waals surface area contributed by atoms with Gasteiger partial charge in [-0.3, -0.25) is 14.9 Å².